The van der Waals surface area contributed by atoms with Gasteiger partial charge >= 0.3 is 5.97 Å². The molecule has 94 valence electrons. The largest absolute Gasteiger partial charge is 0.464 e. The van der Waals surface area contributed by atoms with Gasteiger partial charge in [0.2, 0.25) is 0 Å². The van der Waals surface area contributed by atoms with E-state index in [4.69, 9.17) is 9.47 Å². The van der Waals surface area contributed by atoms with E-state index in [1.54, 1.807) is 12.5 Å². The highest BCUT2D eigenvalue weighted by Gasteiger charge is 2.37. The molecule has 17 heavy (non-hydrogen) atoms. The maximum absolute atomic E-state index is 11.4. The molecule has 0 bridgehead atoms. The van der Waals surface area contributed by atoms with Crippen molar-refractivity contribution < 1.29 is 19.0 Å². The van der Waals surface area contributed by atoms with E-state index < -0.39 is 11.6 Å². The smallest absolute Gasteiger partial charge is 0.357 e. The number of esters is 1. The van der Waals surface area contributed by atoms with Crippen molar-refractivity contribution in [2.75, 3.05) is 27.4 Å². The zero-order chi connectivity index (χ0) is 12.3. The van der Waals surface area contributed by atoms with E-state index in [1.165, 1.54) is 18.4 Å². The van der Waals surface area contributed by atoms with Crippen molar-refractivity contribution >= 4 is 17.3 Å². The summed E-state index contributed by atoms with van der Waals surface area (Å²) in [5, 5.41) is 2.53. The zero-order valence-electron chi connectivity index (χ0n) is 9.89. The Morgan fingerprint density at radius 3 is 2.76 bits per heavy atom. The summed E-state index contributed by atoms with van der Waals surface area (Å²) in [7, 11) is 3.02. The Labute approximate surface area is 104 Å². The third-order valence-corrected chi connectivity index (χ3v) is 4.01. The minimum Gasteiger partial charge on any atom is -0.464 e. The van der Waals surface area contributed by atoms with Crippen LogP contribution in [0.4, 0.5) is 0 Å². The van der Waals surface area contributed by atoms with Crippen molar-refractivity contribution in [3.05, 3.63) is 16.1 Å². The molecule has 0 aliphatic carbocycles. The first-order valence-corrected chi connectivity index (χ1v) is 6.27. The molecular formula is C11H15NO4S. The van der Waals surface area contributed by atoms with Gasteiger partial charge in [0.15, 0.2) is 5.69 Å². The molecule has 6 heteroatoms. The van der Waals surface area contributed by atoms with E-state index in [1.807, 2.05) is 0 Å². The first kappa shape index (κ1) is 12.5. The van der Waals surface area contributed by atoms with Crippen LogP contribution in [0.25, 0.3) is 0 Å². The molecule has 0 saturated carbocycles. The lowest BCUT2D eigenvalue weighted by atomic mass is 9.95. The van der Waals surface area contributed by atoms with Crippen molar-refractivity contribution in [1.29, 1.82) is 0 Å². The number of hydrogen-bond donors (Lipinski definition) is 0. The van der Waals surface area contributed by atoms with Crippen molar-refractivity contribution in [3.8, 4) is 0 Å². The van der Waals surface area contributed by atoms with Crippen LogP contribution in [0.2, 0.25) is 0 Å². The van der Waals surface area contributed by atoms with E-state index in [9.17, 15) is 4.79 Å². The van der Waals surface area contributed by atoms with Gasteiger partial charge in [-0.3, -0.25) is 0 Å². The first-order valence-electron chi connectivity index (χ1n) is 5.39. The Bertz CT molecular complexity index is 398. The highest BCUT2D eigenvalue weighted by Crippen LogP contribution is 2.37. The van der Waals surface area contributed by atoms with Gasteiger partial charge in [0.1, 0.15) is 10.6 Å². The van der Waals surface area contributed by atoms with Gasteiger partial charge in [-0.05, 0) is 0 Å². The number of aromatic nitrogens is 1. The number of carbonyl (C=O) groups is 1. The number of ether oxygens (including phenoxy) is 3. The van der Waals surface area contributed by atoms with Crippen LogP contribution in [-0.4, -0.2) is 38.4 Å². The van der Waals surface area contributed by atoms with E-state index in [-0.39, 0.29) is 0 Å². The second-order valence-electron chi connectivity index (χ2n) is 3.84. The first-order chi connectivity index (χ1) is 8.22. The number of hydrogen-bond acceptors (Lipinski definition) is 6. The van der Waals surface area contributed by atoms with Gasteiger partial charge < -0.3 is 14.2 Å². The van der Waals surface area contributed by atoms with Gasteiger partial charge in [-0.1, -0.05) is 0 Å². The zero-order valence-corrected chi connectivity index (χ0v) is 10.7. The second kappa shape index (κ2) is 5.12. The molecule has 1 aromatic heterocycles. The third-order valence-electron chi connectivity index (χ3n) is 2.98. The van der Waals surface area contributed by atoms with Crippen LogP contribution in [-0.2, 0) is 19.8 Å². The Morgan fingerprint density at radius 1 is 1.47 bits per heavy atom. The maximum Gasteiger partial charge on any atom is 0.357 e. The summed E-state index contributed by atoms with van der Waals surface area (Å²) >= 11 is 1.43. The average molecular weight is 257 g/mol. The molecule has 0 unspecified atom stereocenters. The molecule has 1 aliphatic heterocycles. The fourth-order valence-corrected chi connectivity index (χ4v) is 2.91. The average Bonchev–Trinajstić information content (AvgIpc) is 2.88. The molecule has 1 saturated heterocycles. The Balaban J connectivity index is 2.25. The van der Waals surface area contributed by atoms with Crippen molar-refractivity contribution in [1.82, 2.24) is 4.98 Å². The minimum absolute atomic E-state index is 0.343. The number of methoxy groups -OCH3 is 2. The molecule has 1 aromatic rings. The fraction of sp³-hybridized carbons (Fsp3) is 0.636. The predicted molar refractivity (Wildman–Crippen MR) is 62.2 cm³/mol. The SMILES string of the molecule is COC(=O)c1csc(C2(OC)CCOCC2)n1. The molecule has 0 amide bonds. The summed E-state index contributed by atoms with van der Waals surface area (Å²) in [4.78, 5) is 15.7. The van der Waals surface area contributed by atoms with Gasteiger partial charge in [-0.15, -0.1) is 11.3 Å². The van der Waals surface area contributed by atoms with Crippen LogP contribution in [0.1, 0.15) is 28.3 Å². The van der Waals surface area contributed by atoms with Crippen LogP contribution in [0.3, 0.4) is 0 Å². The van der Waals surface area contributed by atoms with Gasteiger partial charge in [-0.25, -0.2) is 9.78 Å². The monoisotopic (exact) mass is 257 g/mol. The van der Waals surface area contributed by atoms with Crippen molar-refractivity contribution in [2.24, 2.45) is 0 Å². The molecule has 0 radical (unpaired) electrons. The standard InChI is InChI=1S/C11H15NO4S/c1-14-9(13)8-7-17-10(12-8)11(15-2)3-5-16-6-4-11/h7H,3-6H2,1-2H3. The van der Waals surface area contributed by atoms with Gasteiger partial charge in [0, 0.05) is 38.5 Å². The van der Waals surface area contributed by atoms with E-state index >= 15 is 0 Å². The topological polar surface area (TPSA) is 57.7 Å². The van der Waals surface area contributed by atoms with E-state index in [0.29, 0.717) is 18.9 Å². The van der Waals surface area contributed by atoms with Crippen molar-refractivity contribution in [3.63, 3.8) is 0 Å². The second-order valence-corrected chi connectivity index (χ2v) is 4.70. The van der Waals surface area contributed by atoms with Gasteiger partial charge in [-0.2, -0.15) is 0 Å². The van der Waals surface area contributed by atoms with Crippen LogP contribution in [0, 0.1) is 0 Å². The molecule has 1 aliphatic rings. The van der Waals surface area contributed by atoms with E-state index in [2.05, 4.69) is 9.72 Å². The molecule has 0 N–H and O–H groups in total. The summed E-state index contributed by atoms with van der Waals surface area (Å²) in [6.07, 6.45) is 1.52. The highest BCUT2D eigenvalue weighted by atomic mass is 32.1. The summed E-state index contributed by atoms with van der Waals surface area (Å²) < 4.78 is 15.6. The molecule has 0 spiro atoms. The minimum atomic E-state index is -0.411. The van der Waals surface area contributed by atoms with Gasteiger partial charge in [0.25, 0.3) is 0 Å². The maximum atomic E-state index is 11.4. The molecule has 1 fully saturated rings. The van der Waals surface area contributed by atoms with Gasteiger partial charge in [0.05, 0.1) is 7.11 Å². The van der Waals surface area contributed by atoms with Crippen molar-refractivity contribution in [2.45, 2.75) is 18.4 Å². The summed E-state index contributed by atoms with van der Waals surface area (Å²) in [6, 6.07) is 0. The lowest BCUT2D eigenvalue weighted by Crippen LogP contribution is -2.35. The Morgan fingerprint density at radius 2 is 2.18 bits per heavy atom. The Kier molecular flexibility index (Phi) is 3.76. The van der Waals surface area contributed by atoms with Crippen LogP contribution >= 0.6 is 11.3 Å². The lowest BCUT2D eigenvalue weighted by Gasteiger charge is -2.33. The molecule has 2 rings (SSSR count). The normalized spacial score (nSPS) is 18.9. The van der Waals surface area contributed by atoms with Crippen LogP contribution in [0.15, 0.2) is 5.38 Å². The Hall–Kier alpha value is -0.980. The quantitative estimate of drug-likeness (QED) is 0.769. The van der Waals surface area contributed by atoms with E-state index in [0.717, 1.165) is 17.8 Å². The molecule has 5 nitrogen and oxygen atoms in total. The molecule has 2 heterocycles. The highest BCUT2D eigenvalue weighted by molar-refractivity contribution is 7.10. The fourth-order valence-electron chi connectivity index (χ4n) is 1.89. The summed E-state index contributed by atoms with van der Waals surface area (Å²) in [5.74, 6) is -0.411. The van der Waals surface area contributed by atoms with Crippen LogP contribution in [0.5, 0.6) is 0 Å². The number of nitrogens with zero attached hydrogens (tertiary/aromatic N) is 1. The molecular weight excluding hydrogens is 242 g/mol. The summed E-state index contributed by atoms with van der Waals surface area (Å²) in [5.41, 5.74) is -0.0646. The summed E-state index contributed by atoms with van der Waals surface area (Å²) in [6.45, 7) is 1.31. The predicted octanol–water partition coefficient (Wildman–Crippen LogP) is 1.58. The number of thiazole rings is 1. The number of carbonyl (C=O) groups excluding carboxylic acids is 1. The lowest BCUT2D eigenvalue weighted by molar-refractivity contribution is -0.0948. The number of rotatable bonds is 3. The van der Waals surface area contributed by atoms with Crippen LogP contribution < -0.4 is 0 Å². The molecule has 0 aromatic carbocycles. The third kappa shape index (κ3) is 2.34. The molecule has 0 atom stereocenters.